The summed E-state index contributed by atoms with van der Waals surface area (Å²) in [5, 5.41) is 2.89. The fourth-order valence-electron chi connectivity index (χ4n) is 7.21. The smallest absolute Gasteiger partial charge is 0.379 e. The number of halogens is 3. The van der Waals surface area contributed by atoms with E-state index < -0.39 is 39.1 Å². The number of carbonyl (C=O) groups is 3. The number of rotatable bonds is 11. The molecule has 0 radical (unpaired) electrons. The molecule has 2 amide bonds. The van der Waals surface area contributed by atoms with Gasteiger partial charge >= 0.3 is 6.18 Å². The number of aromatic nitrogens is 1. The van der Waals surface area contributed by atoms with E-state index in [1.165, 1.54) is 42.5 Å². The largest absolute Gasteiger partial charge is 0.416 e. The number of ketones is 1. The van der Waals surface area contributed by atoms with Crippen molar-refractivity contribution in [2.75, 3.05) is 69.7 Å². The van der Waals surface area contributed by atoms with Gasteiger partial charge in [0.15, 0.2) is 0 Å². The quantitative estimate of drug-likeness (QED) is 0.145. The van der Waals surface area contributed by atoms with Crippen molar-refractivity contribution in [1.82, 2.24) is 13.8 Å². The summed E-state index contributed by atoms with van der Waals surface area (Å²) < 4.78 is 76.4. The van der Waals surface area contributed by atoms with E-state index >= 15 is 0 Å². The van der Waals surface area contributed by atoms with Crippen molar-refractivity contribution in [3.63, 3.8) is 0 Å². The standard InChI is InChI=1S/C42H42F3N5O6S/c1-47(19-20-48-21-23-56-24-22-48)41(53)31-10-8-9-30(25-31)40(52)46-36-16-15-33(49-17-6-3-7-18-49)28-35(36)39(51)38-26-29-13-14-32(42(43,44)45)27-37(29)50(38)57(54,55)34-11-4-2-5-12-34/h2,4-5,8-16,25-28H,3,6-7,17-24H2,1H3,(H,46,52). The highest BCUT2D eigenvalue weighted by atomic mass is 32.2. The number of nitrogens with zero attached hydrogens (tertiary/aromatic N) is 4. The van der Waals surface area contributed by atoms with E-state index in [1.54, 1.807) is 48.3 Å². The number of amides is 2. The van der Waals surface area contributed by atoms with Gasteiger partial charge in [0, 0.05) is 74.1 Å². The van der Waals surface area contributed by atoms with Crippen LogP contribution in [0.5, 0.6) is 0 Å². The van der Waals surface area contributed by atoms with Gasteiger partial charge in [0.2, 0.25) is 5.78 Å². The first kappa shape index (κ1) is 39.7. The Balaban J connectivity index is 1.26. The second-order valence-electron chi connectivity index (χ2n) is 14.2. The van der Waals surface area contributed by atoms with Crippen molar-refractivity contribution < 1.29 is 40.7 Å². The minimum absolute atomic E-state index is 0.0509. The first-order valence-corrected chi connectivity index (χ1v) is 20.2. The highest BCUT2D eigenvalue weighted by Gasteiger charge is 2.34. The number of ether oxygens (including phenoxy) is 1. The fraction of sp³-hybridized carbons (Fsp3) is 0.310. The maximum absolute atomic E-state index is 14.8. The van der Waals surface area contributed by atoms with E-state index in [0.29, 0.717) is 55.1 Å². The molecule has 1 aromatic heterocycles. The summed E-state index contributed by atoms with van der Waals surface area (Å²) in [6.45, 7) is 5.41. The minimum atomic E-state index is -4.79. The Kier molecular flexibility index (Phi) is 11.5. The topological polar surface area (TPSA) is 121 Å². The molecule has 2 aliphatic rings. The molecule has 15 heteroatoms. The summed E-state index contributed by atoms with van der Waals surface area (Å²) in [6.07, 6.45) is -1.90. The molecular formula is C42H42F3N5O6S. The summed E-state index contributed by atoms with van der Waals surface area (Å²) in [5.41, 5.74) is -0.741. The number of nitrogens with one attached hydrogen (secondary N) is 1. The number of anilines is 2. The maximum Gasteiger partial charge on any atom is 0.416 e. The van der Waals surface area contributed by atoms with Crippen molar-refractivity contribution in [2.24, 2.45) is 0 Å². The van der Waals surface area contributed by atoms with Gasteiger partial charge in [-0.2, -0.15) is 13.2 Å². The van der Waals surface area contributed by atoms with Crippen LogP contribution in [0.4, 0.5) is 24.5 Å². The molecule has 0 saturated carbocycles. The molecule has 4 aromatic carbocycles. The number of likely N-dealkylation sites (N-methyl/N-ethyl adjacent to an activating group) is 1. The fourth-order valence-corrected chi connectivity index (χ4v) is 8.73. The molecule has 0 bridgehead atoms. The number of carbonyl (C=O) groups excluding carboxylic acids is 3. The number of hydrogen-bond acceptors (Lipinski definition) is 8. The minimum Gasteiger partial charge on any atom is -0.379 e. The first-order valence-electron chi connectivity index (χ1n) is 18.8. The van der Waals surface area contributed by atoms with Crippen LogP contribution in [-0.2, 0) is 20.9 Å². The van der Waals surface area contributed by atoms with E-state index in [0.717, 1.165) is 44.5 Å². The summed E-state index contributed by atoms with van der Waals surface area (Å²) in [6, 6.07) is 22.2. The van der Waals surface area contributed by atoms with Gasteiger partial charge in [-0.1, -0.05) is 30.3 Å². The Labute approximate surface area is 328 Å². The van der Waals surface area contributed by atoms with E-state index in [4.69, 9.17) is 4.74 Å². The van der Waals surface area contributed by atoms with Crippen LogP contribution in [0.15, 0.2) is 102 Å². The summed E-state index contributed by atoms with van der Waals surface area (Å²) in [7, 11) is -2.93. The SMILES string of the molecule is CN(CCN1CCOCC1)C(=O)c1cccc(C(=O)Nc2ccc(N3CCCCC3)cc2C(=O)c2cc3ccc(C(F)(F)F)cc3n2S(=O)(=O)c2ccccc2)c1. The molecule has 7 rings (SSSR count). The average Bonchev–Trinajstić information content (AvgIpc) is 3.63. The third-order valence-electron chi connectivity index (χ3n) is 10.4. The predicted molar refractivity (Wildman–Crippen MR) is 211 cm³/mol. The van der Waals surface area contributed by atoms with Crippen LogP contribution in [0.2, 0.25) is 0 Å². The molecule has 0 spiro atoms. The Morgan fingerprint density at radius 2 is 1.53 bits per heavy atom. The van der Waals surface area contributed by atoms with E-state index in [9.17, 15) is 36.0 Å². The van der Waals surface area contributed by atoms with Gasteiger partial charge in [-0.15, -0.1) is 0 Å². The zero-order valence-electron chi connectivity index (χ0n) is 31.3. The molecule has 2 fully saturated rings. The maximum atomic E-state index is 14.8. The monoisotopic (exact) mass is 801 g/mol. The van der Waals surface area contributed by atoms with Crippen LogP contribution >= 0.6 is 0 Å². The third kappa shape index (κ3) is 8.60. The summed E-state index contributed by atoms with van der Waals surface area (Å²) >= 11 is 0. The molecule has 2 saturated heterocycles. The molecule has 11 nitrogen and oxygen atoms in total. The highest BCUT2D eigenvalue weighted by molar-refractivity contribution is 7.90. The lowest BCUT2D eigenvalue weighted by atomic mass is 10.0. The first-order chi connectivity index (χ1) is 27.3. The molecule has 57 heavy (non-hydrogen) atoms. The van der Waals surface area contributed by atoms with Crippen molar-refractivity contribution in [3.8, 4) is 0 Å². The number of morpholine rings is 1. The molecule has 1 N–H and O–H groups in total. The van der Waals surface area contributed by atoms with Gasteiger partial charge in [0.25, 0.3) is 21.8 Å². The van der Waals surface area contributed by atoms with Crippen molar-refractivity contribution >= 4 is 49.9 Å². The lowest BCUT2D eigenvalue weighted by Crippen LogP contribution is -2.41. The normalized spacial score (nSPS) is 15.4. The lowest BCUT2D eigenvalue weighted by molar-refractivity contribution is -0.137. The molecule has 5 aromatic rings. The van der Waals surface area contributed by atoms with Crippen molar-refractivity contribution in [2.45, 2.75) is 30.3 Å². The van der Waals surface area contributed by atoms with Gasteiger partial charge in [-0.25, -0.2) is 12.4 Å². The summed E-state index contributed by atoms with van der Waals surface area (Å²) in [5.74, 6) is -1.74. The average molecular weight is 802 g/mol. The van der Waals surface area contributed by atoms with E-state index in [2.05, 4.69) is 15.1 Å². The zero-order valence-corrected chi connectivity index (χ0v) is 32.1. The van der Waals surface area contributed by atoms with Crippen LogP contribution in [0, 0.1) is 0 Å². The van der Waals surface area contributed by atoms with Crippen molar-refractivity contribution in [1.29, 1.82) is 0 Å². The molecule has 0 atom stereocenters. The Morgan fingerprint density at radius 1 is 0.807 bits per heavy atom. The Hall–Kier alpha value is -5.51. The van der Waals surface area contributed by atoms with E-state index in [-0.39, 0.29) is 44.1 Å². The number of alkyl halides is 3. The number of fused-ring (bicyclic) bond motifs is 1. The van der Waals surface area contributed by atoms with Crippen LogP contribution in [0.25, 0.3) is 10.9 Å². The van der Waals surface area contributed by atoms with Crippen molar-refractivity contribution in [3.05, 3.63) is 125 Å². The Morgan fingerprint density at radius 3 is 2.25 bits per heavy atom. The van der Waals surface area contributed by atoms with Crippen LogP contribution in [-0.4, -0.2) is 99.3 Å². The molecule has 298 valence electrons. The Bertz CT molecular complexity index is 2410. The third-order valence-corrected chi connectivity index (χ3v) is 12.1. The van der Waals surface area contributed by atoms with Crippen LogP contribution < -0.4 is 10.2 Å². The molecule has 2 aliphatic heterocycles. The van der Waals surface area contributed by atoms with Gasteiger partial charge in [-0.05, 0) is 86.0 Å². The molecule has 0 aliphatic carbocycles. The molecule has 3 heterocycles. The summed E-state index contributed by atoms with van der Waals surface area (Å²) in [4.78, 5) is 47.8. The predicted octanol–water partition coefficient (Wildman–Crippen LogP) is 6.77. The van der Waals surface area contributed by atoms with Gasteiger partial charge in [0.05, 0.1) is 34.9 Å². The van der Waals surface area contributed by atoms with Gasteiger partial charge in [0.1, 0.15) is 5.69 Å². The van der Waals surface area contributed by atoms with Crippen LogP contribution in [0.3, 0.4) is 0 Å². The zero-order chi connectivity index (χ0) is 40.3. The second kappa shape index (κ2) is 16.5. The number of hydrogen-bond donors (Lipinski definition) is 1. The second-order valence-corrected chi connectivity index (χ2v) is 16.0. The van der Waals surface area contributed by atoms with E-state index in [1.807, 2.05) is 0 Å². The number of piperidine rings is 1. The highest BCUT2D eigenvalue weighted by Crippen LogP contribution is 2.36. The molecular weight excluding hydrogens is 760 g/mol. The van der Waals surface area contributed by atoms with Gasteiger partial charge in [-0.3, -0.25) is 19.3 Å². The molecule has 0 unspecified atom stereocenters. The van der Waals surface area contributed by atoms with Crippen LogP contribution in [0.1, 0.15) is 61.6 Å². The van der Waals surface area contributed by atoms with Gasteiger partial charge < -0.3 is 19.9 Å². The lowest BCUT2D eigenvalue weighted by Gasteiger charge is -2.29. The number of benzene rings is 4.